The van der Waals surface area contributed by atoms with Crippen LogP contribution in [0, 0.1) is 0 Å². The molecule has 1 atom stereocenters. The van der Waals surface area contributed by atoms with Crippen molar-refractivity contribution in [3.05, 3.63) is 48.0 Å². The molecule has 1 saturated heterocycles. The Balaban J connectivity index is 1.94. The van der Waals surface area contributed by atoms with E-state index < -0.39 is 42.3 Å². The molecule has 0 aliphatic carbocycles. The second-order valence-corrected chi connectivity index (χ2v) is 9.93. The highest BCUT2D eigenvalue weighted by atomic mass is 16.6. The molecule has 0 aromatic heterocycles. The normalized spacial score (nSPS) is 18.2. The number of ether oxygens (including phenoxy) is 3. The van der Waals surface area contributed by atoms with Gasteiger partial charge in [-0.3, -0.25) is 4.90 Å². The summed E-state index contributed by atoms with van der Waals surface area (Å²) in [6.45, 7) is 8.51. The highest BCUT2D eigenvalue weighted by Crippen LogP contribution is 2.30. The number of aliphatic hydroxyl groups is 2. The highest BCUT2D eigenvalue weighted by Gasteiger charge is 2.44. The van der Waals surface area contributed by atoms with Crippen molar-refractivity contribution < 1.29 is 34.0 Å². The van der Waals surface area contributed by atoms with Crippen molar-refractivity contribution in [2.45, 2.75) is 77.0 Å². The number of alkyl carbamates (subject to hydrolysis) is 1. The lowest BCUT2D eigenvalue weighted by Gasteiger charge is -2.34. The van der Waals surface area contributed by atoms with Crippen LogP contribution in [-0.2, 0) is 20.8 Å². The molecule has 1 aromatic rings. The number of rotatable bonds is 9. The van der Waals surface area contributed by atoms with Crippen molar-refractivity contribution in [1.29, 1.82) is 0 Å². The largest absolute Gasteiger partial charge is 0.445 e. The monoisotopic (exact) mass is 478 g/mol. The van der Waals surface area contributed by atoms with Crippen LogP contribution in [0.4, 0.5) is 9.59 Å². The standard InChI is InChI=1S/C25H38N2O7/c1-23(2,3)34-22(31)27-20(16-33-24(27,4)5)13-9-10-14-25(17-28,18-29)26-21(30)32-15-19-11-7-6-8-12-19/h6-9,11-13,20,28-29H,10,14-18H2,1-5H3,(H,26,30)/b13-9-/t20-/m0/s1. The zero-order valence-electron chi connectivity index (χ0n) is 20.7. The Bertz CT molecular complexity index is 829. The molecule has 3 N–H and O–H groups in total. The minimum absolute atomic E-state index is 0.0808. The Morgan fingerprint density at radius 1 is 1.21 bits per heavy atom. The summed E-state index contributed by atoms with van der Waals surface area (Å²) in [6, 6.07) is 8.89. The summed E-state index contributed by atoms with van der Waals surface area (Å²) in [5.74, 6) is 0. The van der Waals surface area contributed by atoms with Gasteiger partial charge in [-0.2, -0.15) is 0 Å². The van der Waals surface area contributed by atoms with Crippen molar-refractivity contribution in [1.82, 2.24) is 10.2 Å². The molecule has 0 radical (unpaired) electrons. The first-order chi connectivity index (χ1) is 15.9. The van der Waals surface area contributed by atoms with E-state index in [-0.39, 0.29) is 19.1 Å². The fraction of sp³-hybridized carbons (Fsp3) is 0.600. The Morgan fingerprint density at radius 2 is 1.85 bits per heavy atom. The van der Waals surface area contributed by atoms with Gasteiger partial charge in [0.05, 0.1) is 31.4 Å². The maximum atomic E-state index is 12.7. The van der Waals surface area contributed by atoms with Crippen molar-refractivity contribution in [2.75, 3.05) is 19.8 Å². The number of hydrogen-bond acceptors (Lipinski definition) is 7. The molecule has 0 spiro atoms. The van der Waals surface area contributed by atoms with Gasteiger partial charge in [0, 0.05) is 0 Å². The molecule has 1 aliphatic heterocycles. The zero-order chi connectivity index (χ0) is 25.4. The van der Waals surface area contributed by atoms with Crippen LogP contribution in [0.25, 0.3) is 0 Å². The lowest BCUT2D eigenvalue weighted by atomic mass is 9.95. The first-order valence-electron chi connectivity index (χ1n) is 11.4. The van der Waals surface area contributed by atoms with Crippen LogP contribution >= 0.6 is 0 Å². The second-order valence-electron chi connectivity index (χ2n) is 9.93. The molecular weight excluding hydrogens is 440 g/mol. The van der Waals surface area contributed by atoms with Crippen LogP contribution < -0.4 is 5.32 Å². The molecule has 9 heteroatoms. The maximum Gasteiger partial charge on any atom is 0.413 e. The van der Waals surface area contributed by atoms with Crippen molar-refractivity contribution >= 4 is 12.2 Å². The summed E-state index contributed by atoms with van der Waals surface area (Å²) in [6.07, 6.45) is 3.18. The number of allylic oxidation sites excluding steroid dienone is 1. The number of amides is 2. The maximum absolute atomic E-state index is 12.7. The average molecular weight is 479 g/mol. The van der Waals surface area contributed by atoms with Crippen molar-refractivity contribution in [2.24, 2.45) is 0 Å². The fourth-order valence-corrected chi connectivity index (χ4v) is 3.58. The summed E-state index contributed by atoms with van der Waals surface area (Å²) in [5, 5.41) is 22.3. The predicted octanol–water partition coefficient (Wildman–Crippen LogP) is 3.34. The van der Waals surface area contributed by atoms with Gasteiger partial charge in [0.25, 0.3) is 0 Å². The van der Waals surface area contributed by atoms with E-state index in [0.29, 0.717) is 13.0 Å². The van der Waals surface area contributed by atoms with E-state index in [1.807, 2.05) is 42.5 Å². The first kappa shape index (κ1) is 27.6. The third-order valence-corrected chi connectivity index (χ3v) is 5.44. The predicted molar refractivity (Wildman–Crippen MR) is 127 cm³/mol. The molecule has 190 valence electrons. The summed E-state index contributed by atoms with van der Waals surface area (Å²) < 4.78 is 16.5. The minimum atomic E-state index is -1.24. The van der Waals surface area contributed by atoms with Crippen LogP contribution in [0.3, 0.4) is 0 Å². The summed E-state index contributed by atoms with van der Waals surface area (Å²) >= 11 is 0. The number of carbonyl (C=O) groups is 2. The van der Waals surface area contributed by atoms with E-state index in [1.54, 1.807) is 39.5 Å². The molecule has 0 unspecified atom stereocenters. The molecule has 1 aliphatic rings. The van der Waals surface area contributed by atoms with E-state index in [9.17, 15) is 19.8 Å². The van der Waals surface area contributed by atoms with Gasteiger partial charge in [0.1, 0.15) is 17.9 Å². The number of hydrogen-bond donors (Lipinski definition) is 3. The lowest BCUT2D eigenvalue weighted by molar-refractivity contribution is -0.0610. The Hall–Kier alpha value is -2.62. The van der Waals surface area contributed by atoms with Crippen LogP contribution in [0.1, 0.15) is 53.0 Å². The van der Waals surface area contributed by atoms with Crippen molar-refractivity contribution in [3.63, 3.8) is 0 Å². The van der Waals surface area contributed by atoms with Gasteiger partial charge in [-0.05, 0) is 53.0 Å². The Kier molecular flexibility index (Phi) is 9.49. The zero-order valence-corrected chi connectivity index (χ0v) is 20.7. The third-order valence-electron chi connectivity index (χ3n) is 5.44. The molecule has 34 heavy (non-hydrogen) atoms. The molecular formula is C25H38N2O7. The lowest BCUT2D eigenvalue weighted by Crippen LogP contribution is -2.54. The molecule has 2 amide bonds. The highest BCUT2D eigenvalue weighted by molar-refractivity contribution is 5.70. The minimum Gasteiger partial charge on any atom is -0.445 e. The number of aliphatic hydroxyl groups excluding tert-OH is 2. The number of nitrogens with one attached hydrogen (secondary N) is 1. The molecule has 1 fully saturated rings. The summed E-state index contributed by atoms with van der Waals surface area (Å²) in [5.41, 5.74) is -1.86. The molecule has 1 aromatic carbocycles. The van der Waals surface area contributed by atoms with Crippen LogP contribution in [0.5, 0.6) is 0 Å². The second kappa shape index (κ2) is 11.7. The van der Waals surface area contributed by atoms with Crippen molar-refractivity contribution in [3.8, 4) is 0 Å². The van der Waals surface area contributed by atoms with E-state index in [0.717, 1.165) is 5.56 Å². The molecule has 9 nitrogen and oxygen atoms in total. The fourth-order valence-electron chi connectivity index (χ4n) is 3.58. The molecule has 0 bridgehead atoms. The van der Waals surface area contributed by atoms with E-state index in [1.165, 1.54) is 0 Å². The van der Waals surface area contributed by atoms with E-state index in [4.69, 9.17) is 14.2 Å². The van der Waals surface area contributed by atoms with Crippen LogP contribution in [0.2, 0.25) is 0 Å². The van der Waals surface area contributed by atoms with Crippen LogP contribution in [-0.4, -0.2) is 70.0 Å². The first-order valence-corrected chi connectivity index (χ1v) is 11.4. The third kappa shape index (κ3) is 8.00. The quantitative estimate of drug-likeness (QED) is 0.466. The molecule has 1 heterocycles. The number of carbonyl (C=O) groups excluding carboxylic acids is 2. The number of benzene rings is 1. The van der Waals surface area contributed by atoms with Gasteiger partial charge in [-0.1, -0.05) is 42.5 Å². The Labute approximate surface area is 201 Å². The van der Waals surface area contributed by atoms with E-state index >= 15 is 0 Å². The smallest absolute Gasteiger partial charge is 0.413 e. The van der Waals surface area contributed by atoms with Crippen LogP contribution in [0.15, 0.2) is 42.5 Å². The summed E-state index contributed by atoms with van der Waals surface area (Å²) in [4.78, 5) is 26.5. The van der Waals surface area contributed by atoms with Gasteiger partial charge in [-0.15, -0.1) is 0 Å². The van der Waals surface area contributed by atoms with Gasteiger partial charge < -0.3 is 29.7 Å². The van der Waals surface area contributed by atoms with E-state index in [2.05, 4.69) is 5.32 Å². The average Bonchev–Trinajstić information content (AvgIpc) is 3.08. The van der Waals surface area contributed by atoms with Gasteiger partial charge >= 0.3 is 12.2 Å². The SMILES string of the molecule is CC(C)(C)OC(=O)N1[C@@H](/C=C\CCC(CO)(CO)NC(=O)OCc2ccccc2)COC1(C)C. The van der Waals surface area contributed by atoms with Gasteiger partial charge in [0.15, 0.2) is 0 Å². The molecule has 2 rings (SSSR count). The molecule has 0 saturated carbocycles. The topological polar surface area (TPSA) is 118 Å². The van der Waals surface area contributed by atoms with Gasteiger partial charge in [-0.25, -0.2) is 9.59 Å². The number of nitrogens with zero attached hydrogens (tertiary/aromatic N) is 1. The Morgan fingerprint density at radius 3 is 2.44 bits per heavy atom. The van der Waals surface area contributed by atoms with Gasteiger partial charge in [0.2, 0.25) is 0 Å². The summed E-state index contributed by atoms with van der Waals surface area (Å²) in [7, 11) is 0.